The number of hydrogen-bond donors (Lipinski definition) is 1. The Morgan fingerprint density at radius 3 is 2.75 bits per heavy atom. The second-order valence-corrected chi connectivity index (χ2v) is 8.28. The minimum atomic E-state index is -3.97. The number of benzene rings is 1. The Morgan fingerprint density at radius 1 is 1.29 bits per heavy atom. The lowest BCUT2D eigenvalue weighted by Crippen LogP contribution is -2.24. The van der Waals surface area contributed by atoms with Gasteiger partial charge in [-0.1, -0.05) is 23.5 Å². The fourth-order valence-electron chi connectivity index (χ4n) is 2.09. The number of esters is 1. The Morgan fingerprint density at radius 2 is 2.04 bits per heavy atom. The maximum atomic E-state index is 12.4. The summed E-state index contributed by atoms with van der Waals surface area (Å²) in [5.74, 6) is -0.696. The molecule has 3 aromatic rings. The number of rotatable bonds is 4. The minimum absolute atomic E-state index is 0.0147. The van der Waals surface area contributed by atoms with Crippen LogP contribution in [0.5, 0.6) is 0 Å². The van der Waals surface area contributed by atoms with Crippen molar-refractivity contribution in [3.05, 3.63) is 45.4 Å². The van der Waals surface area contributed by atoms with Crippen LogP contribution in [0.25, 0.3) is 10.2 Å². The van der Waals surface area contributed by atoms with Crippen molar-refractivity contribution in [3.63, 3.8) is 0 Å². The number of nitrogens with zero attached hydrogens (tertiary/aromatic N) is 2. The standard InChI is InChI=1S/C14H13N3O4S3/c1-17-9-5-3-4-6-10(9)23-14(17)15-16-24(19,20)11-7-8-22-12(11)13(18)21-2/h3-8,16H,1-2H3/b15-14+. The summed E-state index contributed by atoms with van der Waals surface area (Å²) in [6, 6.07) is 9.01. The van der Waals surface area contributed by atoms with Gasteiger partial charge in [-0.3, -0.25) is 0 Å². The Labute approximate surface area is 145 Å². The van der Waals surface area contributed by atoms with Crippen LogP contribution in [0.15, 0.2) is 45.7 Å². The van der Waals surface area contributed by atoms with Gasteiger partial charge in [0.1, 0.15) is 9.77 Å². The first kappa shape index (κ1) is 16.7. The quantitative estimate of drug-likeness (QED) is 0.550. The van der Waals surface area contributed by atoms with Crippen molar-refractivity contribution in [2.75, 3.05) is 7.11 Å². The van der Waals surface area contributed by atoms with Crippen molar-refractivity contribution in [3.8, 4) is 0 Å². The number of ether oxygens (including phenoxy) is 1. The highest BCUT2D eigenvalue weighted by atomic mass is 32.2. The monoisotopic (exact) mass is 383 g/mol. The SMILES string of the molecule is COC(=O)c1sccc1S(=O)(=O)N/N=c1/sc2ccccc2n1C. The summed E-state index contributed by atoms with van der Waals surface area (Å²) < 4.78 is 32.2. The maximum Gasteiger partial charge on any atom is 0.349 e. The molecule has 0 atom stereocenters. The van der Waals surface area contributed by atoms with Crippen LogP contribution in [-0.2, 0) is 21.8 Å². The van der Waals surface area contributed by atoms with Crippen LogP contribution in [-0.4, -0.2) is 26.1 Å². The Balaban J connectivity index is 1.99. The third-order valence-electron chi connectivity index (χ3n) is 3.27. The molecule has 2 heterocycles. The molecule has 126 valence electrons. The molecule has 0 aliphatic heterocycles. The summed E-state index contributed by atoms with van der Waals surface area (Å²) in [4.78, 5) is 14.2. The van der Waals surface area contributed by atoms with Crippen LogP contribution in [0, 0.1) is 0 Å². The summed E-state index contributed by atoms with van der Waals surface area (Å²) >= 11 is 2.36. The van der Waals surface area contributed by atoms with Crippen LogP contribution in [0.3, 0.4) is 0 Å². The Hall–Kier alpha value is -2.17. The average molecular weight is 383 g/mol. The molecule has 0 amide bonds. The zero-order valence-corrected chi connectivity index (χ0v) is 15.2. The molecule has 0 spiro atoms. The van der Waals surface area contributed by atoms with Gasteiger partial charge in [-0.15, -0.1) is 16.4 Å². The molecule has 0 fully saturated rings. The van der Waals surface area contributed by atoms with Crippen molar-refractivity contribution < 1.29 is 17.9 Å². The van der Waals surface area contributed by atoms with Crippen LogP contribution in [0.1, 0.15) is 9.67 Å². The van der Waals surface area contributed by atoms with Gasteiger partial charge >= 0.3 is 5.97 Å². The van der Waals surface area contributed by atoms with Crippen molar-refractivity contribution in [2.24, 2.45) is 12.1 Å². The third kappa shape index (κ3) is 2.95. The van der Waals surface area contributed by atoms with Gasteiger partial charge in [0.15, 0.2) is 0 Å². The van der Waals surface area contributed by atoms with Gasteiger partial charge in [-0.25, -0.2) is 4.79 Å². The molecule has 7 nitrogen and oxygen atoms in total. The van der Waals surface area contributed by atoms with Crippen LogP contribution >= 0.6 is 22.7 Å². The van der Waals surface area contributed by atoms with Gasteiger partial charge in [-0.05, 0) is 23.6 Å². The van der Waals surface area contributed by atoms with E-state index in [0.29, 0.717) is 4.80 Å². The van der Waals surface area contributed by atoms with Crippen molar-refractivity contribution in [1.29, 1.82) is 0 Å². The molecular formula is C14H13N3O4S3. The second-order valence-electron chi connectivity index (χ2n) is 4.72. The summed E-state index contributed by atoms with van der Waals surface area (Å²) in [5.41, 5.74) is 0.950. The van der Waals surface area contributed by atoms with Crippen LogP contribution < -0.4 is 9.63 Å². The van der Waals surface area contributed by atoms with Gasteiger partial charge in [0, 0.05) is 7.05 Å². The average Bonchev–Trinajstić information content (AvgIpc) is 3.19. The molecule has 2 aromatic heterocycles. The zero-order chi connectivity index (χ0) is 17.3. The van der Waals surface area contributed by atoms with Crippen molar-refractivity contribution in [2.45, 2.75) is 4.90 Å². The Kier molecular flexibility index (Phi) is 4.43. The minimum Gasteiger partial charge on any atom is -0.465 e. The maximum absolute atomic E-state index is 12.4. The zero-order valence-electron chi connectivity index (χ0n) is 12.7. The largest absolute Gasteiger partial charge is 0.465 e. The van der Waals surface area contributed by atoms with Crippen LogP contribution in [0.4, 0.5) is 0 Å². The first-order valence-electron chi connectivity index (χ1n) is 6.70. The van der Waals surface area contributed by atoms with Gasteiger partial charge < -0.3 is 9.30 Å². The molecule has 0 saturated heterocycles. The van der Waals surface area contributed by atoms with Gasteiger partial charge in [0.25, 0.3) is 10.0 Å². The highest BCUT2D eigenvalue weighted by Gasteiger charge is 2.24. The summed E-state index contributed by atoms with van der Waals surface area (Å²) in [6.07, 6.45) is 0. The first-order valence-corrected chi connectivity index (χ1v) is 9.88. The Bertz CT molecular complexity index is 1080. The number of thiophene rings is 1. The third-order valence-corrected chi connectivity index (χ3v) is 6.65. The molecule has 24 heavy (non-hydrogen) atoms. The molecule has 10 heteroatoms. The van der Waals surface area contributed by atoms with E-state index in [0.717, 1.165) is 21.6 Å². The highest BCUT2D eigenvalue weighted by Crippen LogP contribution is 2.22. The van der Waals surface area contributed by atoms with E-state index in [4.69, 9.17) is 0 Å². The molecular weight excluding hydrogens is 370 g/mol. The summed E-state index contributed by atoms with van der Waals surface area (Å²) in [6.45, 7) is 0. The fourth-order valence-corrected chi connectivity index (χ4v) is 5.27. The van der Waals surface area contributed by atoms with E-state index in [9.17, 15) is 13.2 Å². The number of carbonyl (C=O) groups is 1. The first-order chi connectivity index (χ1) is 11.4. The van der Waals surface area contributed by atoms with E-state index in [1.165, 1.54) is 29.9 Å². The smallest absolute Gasteiger partial charge is 0.349 e. The lowest BCUT2D eigenvalue weighted by atomic mass is 10.3. The number of hydrogen-bond acceptors (Lipinski definition) is 7. The van der Waals surface area contributed by atoms with E-state index in [1.807, 2.05) is 24.3 Å². The molecule has 0 aliphatic carbocycles. The van der Waals surface area contributed by atoms with E-state index in [1.54, 1.807) is 11.6 Å². The highest BCUT2D eigenvalue weighted by molar-refractivity contribution is 7.89. The number of aryl methyl sites for hydroxylation is 1. The summed E-state index contributed by atoms with van der Waals surface area (Å²) in [5, 5.41) is 5.51. The van der Waals surface area contributed by atoms with E-state index in [2.05, 4.69) is 14.7 Å². The number of methoxy groups -OCH3 is 1. The lowest BCUT2D eigenvalue weighted by molar-refractivity contribution is 0.0602. The predicted molar refractivity (Wildman–Crippen MR) is 92.3 cm³/mol. The predicted octanol–water partition coefficient (Wildman–Crippen LogP) is 1.88. The number of carbonyl (C=O) groups excluding carboxylic acids is 1. The molecule has 0 saturated carbocycles. The molecule has 1 N–H and O–H groups in total. The van der Waals surface area contributed by atoms with E-state index < -0.39 is 16.0 Å². The molecule has 1 aromatic carbocycles. The van der Waals surface area contributed by atoms with Gasteiger partial charge in [-0.2, -0.15) is 13.2 Å². The molecule has 0 aliphatic rings. The molecule has 0 bridgehead atoms. The number of nitrogens with one attached hydrogen (secondary N) is 1. The second kappa shape index (κ2) is 6.38. The lowest BCUT2D eigenvalue weighted by Gasteiger charge is -2.03. The number of thiazole rings is 1. The summed E-state index contributed by atoms with van der Waals surface area (Å²) in [7, 11) is -0.965. The van der Waals surface area contributed by atoms with Crippen LogP contribution in [0.2, 0.25) is 0 Å². The number of para-hydroxylation sites is 1. The van der Waals surface area contributed by atoms with Crippen molar-refractivity contribution in [1.82, 2.24) is 9.40 Å². The van der Waals surface area contributed by atoms with Gasteiger partial charge in [0.2, 0.25) is 4.80 Å². The normalized spacial score (nSPS) is 12.5. The van der Waals surface area contributed by atoms with E-state index in [-0.39, 0.29) is 9.77 Å². The number of sulfonamides is 1. The molecule has 3 rings (SSSR count). The number of aromatic nitrogens is 1. The molecule has 0 radical (unpaired) electrons. The van der Waals surface area contributed by atoms with Gasteiger partial charge in [0.05, 0.1) is 17.3 Å². The number of fused-ring (bicyclic) bond motifs is 1. The van der Waals surface area contributed by atoms with E-state index >= 15 is 0 Å². The molecule has 0 unspecified atom stereocenters. The fraction of sp³-hybridized carbons (Fsp3) is 0.143. The van der Waals surface area contributed by atoms with Crippen molar-refractivity contribution >= 4 is 48.9 Å². The topological polar surface area (TPSA) is 89.8 Å².